The smallest absolute Gasteiger partial charge is 0.225 e. The minimum atomic E-state index is -0.497. The Kier molecular flexibility index (Phi) is 3.85. The van der Waals surface area contributed by atoms with Gasteiger partial charge in [0.05, 0.1) is 18.2 Å². The summed E-state index contributed by atoms with van der Waals surface area (Å²) in [5.41, 5.74) is 7.96. The molecule has 22 heavy (non-hydrogen) atoms. The summed E-state index contributed by atoms with van der Waals surface area (Å²) in [4.78, 5) is 8.23. The largest absolute Gasteiger partial charge is 0.475 e. The predicted octanol–water partition coefficient (Wildman–Crippen LogP) is 1.92. The third kappa shape index (κ3) is 2.96. The molecule has 0 unspecified atom stereocenters. The third-order valence-electron chi connectivity index (χ3n) is 3.58. The molecule has 116 valence electrons. The molecule has 0 bridgehead atoms. The van der Waals surface area contributed by atoms with Crippen molar-refractivity contribution in [2.75, 3.05) is 11.1 Å². The lowest BCUT2D eigenvalue weighted by Crippen LogP contribution is -2.22. The van der Waals surface area contributed by atoms with Crippen LogP contribution in [-0.2, 0) is 6.42 Å². The van der Waals surface area contributed by atoms with Crippen LogP contribution in [0.25, 0.3) is 0 Å². The van der Waals surface area contributed by atoms with Crippen LogP contribution in [0.5, 0.6) is 5.88 Å². The van der Waals surface area contributed by atoms with Crippen LogP contribution < -0.4 is 15.8 Å². The van der Waals surface area contributed by atoms with Gasteiger partial charge in [-0.15, -0.1) is 0 Å². The van der Waals surface area contributed by atoms with Gasteiger partial charge in [-0.2, -0.15) is 9.97 Å². The SMILES string of the molecule is CC(C)Oc1cc(N[C@H]2c3ccccc3C[C@H]2O)nc(N)n1. The Morgan fingerprint density at radius 2 is 2.09 bits per heavy atom. The van der Waals surface area contributed by atoms with Gasteiger partial charge in [-0.1, -0.05) is 24.3 Å². The van der Waals surface area contributed by atoms with Gasteiger partial charge in [-0.25, -0.2) is 0 Å². The van der Waals surface area contributed by atoms with Crippen molar-refractivity contribution in [1.82, 2.24) is 9.97 Å². The molecular formula is C16H20N4O2. The molecule has 2 aromatic rings. The van der Waals surface area contributed by atoms with Crippen LogP contribution in [0.4, 0.5) is 11.8 Å². The van der Waals surface area contributed by atoms with E-state index in [0.717, 1.165) is 11.1 Å². The van der Waals surface area contributed by atoms with Gasteiger partial charge in [-0.05, 0) is 25.0 Å². The van der Waals surface area contributed by atoms with Crippen molar-refractivity contribution in [2.45, 2.75) is 38.5 Å². The number of anilines is 2. The molecular weight excluding hydrogens is 280 g/mol. The minimum Gasteiger partial charge on any atom is -0.475 e. The highest BCUT2D eigenvalue weighted by Gasteiger charge is 2.31. The normalized spacial score (nSPS) is 20.0. The molecule has 1 aliphatic carbocycles. The molecule has 1 aromatic carbocycles. The van der Waals surface area contributed by atoms with E-state index in [1.165, 1.54) is 0 Å². The zero-order valence-corrected chi connectivity index (χ0v) is 12.7. The predicted molar refractivity (Wildman–Crippen MR) is 84.7 cm³/mol. The number of ether oxygens (including phenoxy) is 1. The van der Waals surface area contributed by atoms with Crippen molar-refractivity contribution >= 4 is 11.8 Å². The van der Waals surface area contributed by atoms with E-state index in [1.54, 1.807) is 6.07 Å². The first-order valence-electron chi connectivity index (χ1n) is 7.36. The van der Waals surface area contributed by atoms with Crippen LogP contribution >= 0.6 is 0 Å². The maximum absolute atomic E-state index is 10.3. The number of nitrogens with two attached hydrogens (primary N) is 1. The molecule has 0 radical (unpaired) electrons. The van der Waals surface area contributed by atoms with E-state index in [1.807, 2.05) is 38.1 Å². The highest BCUT2D eigenvalue weighted by molar-refractivity contribution is 5.48. The summed E-state index contributed by atoms with van der Waals surface area (Å²) in [5.74, 6) is 1.11. The van der Waals surface area contributed by atoms with Crippen LogP contribution in [0.15, 0.2) is 30.3 Å². The number of aliphatic hydroxyl groups excluding tert-OH is 1. The molecule has 6 heteroatoms. The maximum atomic E-state index is 10.3. The number of fused-ring (bicyclic) bond motifs is 1. The topological polar surface area (TPSA) is 93.3 Å². The van der Waals surface area contributed by atoms with E-state index >= 15 is 0 Å². The van der Waals surface area contributed by atoms with Gasteiger partial charge in [0.15, 0.2) is 0 Å². The number of nitrogen functional groups attached to an aromatic ring is 1. The van der Waals surface area contributed by atoms with Crippen molar-refractivity contribution in [3.63, 3.8) is 0 Å². The Labute approximate surface area is 129 Å². The van der Waals surface area contributed by atoms with Crippen LogP contribution in [0, 0.1) is 0 Å². The van der Waals surface area contributed by atoms with Crippen LogP contribution in [0.2, 0.25) is 0 Å². The quantitative estimate of drug-likeness (QED) is 0.798. The molecule has 1 aromatic heterocycles. The van der Waals surface area contributed by atoms with Gasteiger partial charge in [-0.3, -0.25) is 0 Å². The first-order chi connectivity index (χ1) is 10.5. The van der Waals surface area contributed by atoms with Gasteiger partial charge < -0.3 is 20.9 Å². The summed E-state index contributed by atoms with van der Waals surface area (Å²) in [6.45, 7) is 3.84. The average molecular weight is 300 g/mol. The summed E-state index contributed by atoms with van der Waals surface area (Å²) in [5, 5.41) is 13.5. The molecule has 0 saturated heterocycles. The van der Waals surface area contributed by atoms with Crippen molar-refractivity contribution < 1.29 is 9.84 Å². The number of nitrogens with one attached hydrogen (secondary N) is 1. The molecule has 4 N–H and O–H groups in total. The fourth-order valence-corrected chi connectivity index (χ4v) is 2.73. The Morgan fingerprint density at radius 1 is 1.32 bits per heavy atom. The molecule has 0 spiro atoms. The molecule has 0 amide bonds. The Hall–Kier alpha value is -2.34. The minimum absolute atomic E-state index is 0.0000493. The van der Waals surface area contributed by atoms with Gasteiger partial charge in [0.1, 0.15) is 5.82 Å². The lowest BCUT2D eigenvalue weighted by Gasteiger charge is -2.19. The zero-order valence-electron chi connectivity index (χ0n) is 12.7. The molecule has 1 aliphatic rings. The first-order valence-corrected chi connectivity index (χ1v) is 7.36. The Morgan fingerprint density at radius 3 is 2.86 bits per heavy atom. The fraction of sp³-hybridized carbons (Fsp3) is 0.375. The summed E-state index contributed by atoms with van der Waals surface area (Å²) < 4.78 is 5.56. The van der Waals surface area contributed by atoms with E-state index in [4.69, 9.17) is 10.5 Å². The highest BCUT2D eigenvalue weighted by Crippen LogP contribution is 2.34. The number of hydrogen-bond donors (Lipinski definition) is 3. The fourth-order valence-electron chi connectivity index (χ4n) is 2.73. The molecule has 6 nitrogen and oxygen atoms in total. The number of benzene rings is 1. The average Bonchev–Trinajstić information content (AvgIpc) is 2.74. The Balaban J connectivity index is 1.85. The molecule has 0 saturated carbocycles. The van der Waals surface area contributed by atoms with Crippen molar-refractivity contribution in [2.24, 2.45) is 0 Å². The van der Waals surface area contributed by atoms with Gasteiger partial charge in [0.2, 0.25) is 11.8 Å². The van der Waals surface area contributed by atoms with Crippen molar-refractivity contribution in [1.29, 1.82) is 0 Å². The number of nitrogens with zero attached hydrogens (tertiary/aromatic N) is 2. The lowest BCUT2D eigenvalue weighted by molar-refractivity contribution is 0.165. The van der Waals surface area contributed by atoms with Crippen molar-refractivity contribution in [3.05, 3.63) is 41.5 Å². The van der Waals surface area contributed by atoms with E-state index in [0.29, 0.717) is 18.1 Å². The lowest BCUT2D eigenvalue weighted by atomic mass is 10.1. The van der Waals surface area contributed by atoms with Gasteiger partial charge >= 0.3 is 0 Å². The second kappa shape index (κ2) is 5.81. The van der Waals surface area contributed by atoms with E-state index in [-0.39, 0.29) is 18.1 Å². The van der Waals surface area contributed by atoms with E-state index < -0.39 is 6.10 Å². The number of aromatic nitrogens is 2. The second-order valence-corrected chi connectivity index (χ2v) is 5.71. The Bertz CT molecular complexity index is 675. The summed E-state index contributed by atoms with van der Waals surface area (Å²) in [6.07, 6.45) is 0.132. The maximum Gasteiger partial charge on any atom is 0.225 e. The molecule has 0 aliphatic heterocycles. The summed E-state index contributed by atoms with van der Waals surface area (Å²) in [7, 11) is 0. The second-order valence-electron chi connectivity index (χ2n) is 5.71. The van der Waals surface area contributed by atoms with Crippen molar-refractivity contribution in [3.8, 4) is 5.88 Å². The summed E-state index contributed by atoms with van der Waals surface area (Å²) >= 11 is 0. The standard InChI is InChI=1S/C16H20N4O2/c1-9(2)22-14-8-13(19-16(17)20-14)18-15-11-6-4-3-5-10(11)7-12(15)21/h3-6,8-9,12,15,21H,7H2,1-2H3,(H3,17,18,19,20)/t12-,15+/m1/s1. The highest BCUT2D eigenvalue weighted by atomic mass is 16.5. The number of aliphatic hydroxyl groups is 1. The number of rotatable bonds is 4. The van der Waals surface area contributed by atoms with Gasteiger partial charge in [0, 0.05) is 12.5 Å². The molecule has 2 atom stereocenters. The van der Waals surface area contributed by atoms with E-state index in [9.17, 15) is 5.11 Å². The van der Waals surface area contributed by atoms with Crippen LogP contribution in [0.3, 0.4) is 0 Å². The van der Waals surface area contributed by atoms with Crippen LogP contribution in [-0.4, -0.2) is 27.3 Å². The molecule has 0 fully saturated rings. The summed E-state index contributed by atoms with van der Waals surface area (Å²) in [6, 6.07) is 9.47. The van der Waals surface area contributed by atoms with Gasteiger partial charge in [0.25, 0.3) is 0 Å². The molecule has 1 heterocycles. The zero-order chi connectivity index (χ0) is 15.7. The molecule has 3 rings (SSSR count). The third-order valence-corrected chi connectivity index (χ3v) is 3.58. The first kappa shape index (κ1) is 14.6. The van der Waals surface area contributed by atoms with Crippen LogP contribution in [0.1, 0.15) is 31.0 Å². The van der Waals surface area contributed by atoms with E-state index in [2.05, 4.69) is 15.3 Å². The number of hydrogen-bond acceptors (Lipinski definition) is 6. The monoisotopic (exact) mass is 300 g/mol.